The van der Waals surface area contributed by atoms with Crippen molar-refractivity contribution >= 4 is 22.0 Å². The Morgan fingerprint density at radius 1 is 1.10 bits per heavy atom. The van der Waals surface area contributed by atoms with Crippen LogP contribution in [0.15, 0.2) is 58.1 Å². The van der Waals surface area contributed by atoms with Gasteiger partial charge in [-0.25, -0.2) is 13.1 Å². The first-order valence-electron chi connectivity index (χ1n) is 9.03. The maximum Gasteiger partial charge on any atom is 0.246 e. The normalized spacial score (nSPS) is 11.8. The van der Waals surface area contributed by atoms with Gasteiger partial charge >= 0.3 is 0 Å². The molecule has 1 heterocycles. The number of rotatable bonds is 12. The molecule has 29 heavy (non-hydrogen) atoms. The Hall–Kier alpha value is -2.46. The fourth-order valence-corrected chi connectivity index (χ4v) is 3.42. The topological polar surface area (TPSA) is 98.1 Å². The maximum atomic E-state index is 12.4. The molecule has 0 saturated carbocycles. The summed E-state index contributed by atoms with van der Waals surface area (Å²) < 4.78 is 42.3. The molecule has 0 radical (unpaired) electrons. The quantitative estimate of drug-likeness (QED) is 0.525. The molecular weight excluding hydrogens is 396 g/mol. The van der Waals surface area contributed by atoms with Crippen LogP contribution in [-0.2, 0) is 30.8 Å². The molecule has 0 unspecified atom stereocenters. The Labute approximate surface area is 171 Å². The first-order valence-corrected chi connectivity index (χ1v) is 10.5. The van der Waals surface area contributed by atoms with Crippen molar-refractivity contribution in [2.24, 2.45) is 0 Å². The molecule has 158 valence electrons. The molecule has 1 amide bonds. The van der Waals surface area contributed by atoms with Crippen molar-refractivity contribution in [1.29, 1.82) is 0 Å². The number of nitrogens with zero attached hydrogens (tertiary/aromatic N) is 1. The molecule has 0 bridgehead atoms. The summed E-state index contributed by atoms with van der Waals surface area (Å²) in [5, 5.41) is 0. The van der Waals surface area contributed by atoms with Crippen LogP contribution in [-0.4, -0.2) is 59.7 Å². The highest BCUT2D eigenvalue weighted by atomic mass is 32.2. The Morgan fingerprint density at radius 2 is 1.76 bits per heavy atom. The largest absolute Gasteiger partial charge is 0.468 e. The van der Waals surface area contributed by atoms with E-state index in [2.05, 4.69) is 4.72 Å². The van der Waals surface area contributed by atoms with E-state index in [4.69, 9.17) is 13.9 Å². The molecule has 1 aromatic carbocycles. The predicted octanol–water partition coefficient (Wildman–Crippen LogP) is 1.89. The molecule has 0 aliphatic heterocycles. The summed E-state index contributed by atoms with van der Waals surface area (Å²) >= 11 is 0. The van der Waals surface area contributed by atoms with E-state index in [0.717, 1.165) is 0 Å². The van der Waals surface area contributed by atoms with E-state index < -0.39 is 10.0 Å². The Balaban J connectivity index is 1.98. The van der Waals surface area contributed by atoms with E-state index in [1.54, 1.807) is 49.5 Å². The van der Waals surface area contributed by atoms with Gasteiger partial charge in [0.05, 0.1) is 30.9 Å². The predicted molar refractivity (Wildman–Crippen MR) is 109 cm³/mol. The summed E-state index contributed by atoms with van der Waals surface area (Å²) in [5.74, 6) is 0.356. The van der Waals surface area contributed by atoms with Crippen molar-refractivity contribution in [3.05, 3.63) is 60.1 Å². The van der Waals surface area contributed by atoms with Gasteiger partial charge in [-0.15, -0.1) is 0 Å². The van der Waals surface area contributed by atoms with Crippen LogP contribution in [0, 0.1) is 0 Å². The van der Waals surface area contributed by atoms with Gasteiger partial charge in [-0.2, -0.15) is 0 Å². The van der Waals surface area contributed by atoms with E-state index >= 15 is 0 Å². The van der Waals surface area contributed by atoms with Gasteiger partial charge in [0.1, 0.15) is 5.76 Å². The molecular formula is C20H26N2O6S. The van der Waals surface area contributed by atoms with Crippen LogP contribution in [0.25, 0.3) is 6.08 Å². The van der Waals surface area contributed by atoms with Crippen LogP contribution in [0.1, 0.15) is 11.3 Å². The lowest BCUT2D eigenvalue weighted by atomic mass is 10.2. The lowest BCUT2D eigenvalue weighted by molar-refractivity contribution is -0.127. The highest BCUT2D eigenvalue weighted by molar-refractivity contribution is 7.89. The molecule has 2 rings (SSSR count). The monoisotopic (exact) mass is 422 g/mol. The SMILES string of the molecule is COCCN(CCOC)C(=O)/C=C/c1ccc(S(=O)(=O)NCc2ccco2)cc1. The fourth-order valence-electron chi connectivity index (χ4n) is 2.43. The van der Waals surface area contributed by atoms with Crippen LogP contribution in [0.4, 0.5) is 0 Å². The number of carbonyl (C=O) groups is 1. The van der Waals surface area contributed by atoms with E-state index in [0.29, 0.717) is 37.6 Å². The molecule has 8 nitrogen and oxygen atoms in total. The molecule has 9 heteroatoms. The molecule has 0 aliphatic carbocycles. The van der Waals surface area contributed by atoms with E-state index in [-0.39, 0.29) is 17.3 Å². The van der Waals surface area contributed by atoms with Gasteiger partial charge in [0, 0.05) is 33.4 Å². The van der Waals surface area contributed by atoms with Crippen LogP contribution >= 0.6 is 0 Å². The van der Waals surface area contributed by atoms with Crippen LogP contribution in [0.5, 0.6) is 0 Å². The van der Waals surface area contributed by atoms with Crippen molar-refractivity contribution < 1.29 is 27.1 Å². The fraction of sp³-hybridized carbons (Fsp3) is 0.350. The van der Waals surface area contributed by atoms with Crippen molar-refractivity contribution in [3.63, 3.8) is 0 Å². The average molecular weight is 423 g/mol. The molecule has 0 saturated heterocycles. The van der Waals surface area contributed by atoms with Crippen molar-refractivity contribution in [2.75, 3.05) is 40.5 Å². The summed E-state index contributed by atoms with van der Waals surface area (Å²) in [4.78, 5) is 14.1. The maximum absolute atomic E-state index is 12.4. The van der Waals surface area contributed by atoms with Crippen molar-refractivity contribution in [3.8, 4) is 0 Å². The number of sulfonamides is 1. The van der Waals surface area contributed by atoms with Crippen molar-refractivity contribution in [2.45, 2.75) is 11.4 Å². The Kier molecular flexibility index (Phi) is 9.07. The highest BCUT2D eigenvalue weighted by Crippen LogP contribution is 2.13. The molecule has 2 aromatic rings. The molecule has 1 N–H and O–H groups in total. The Bertz CT molecular complexity index is 868. The smallest absolute Gasteiger partial charge is 0.246 e. The summed E-state index contributed by atoms with van der Waals surface area (Å²) in [6.07, 6.45) is 4.57. The number of amides is 1. The van der Waals surface area contributed by atoms with Crippen LogP contribution in [0.3, 0.4) is 0 Å². The van der Waals surface area contributed by atoms with Gasteiger partial charge in [-0.1, -0.05) is 12.1 Å². The summed E-state index contributed by atoms with van der Waals surface area (Å²) in [6, 6.07) is 9.64. The minimum atomic E-state index is -3.66. The lowest BCUT2D eigenvalue weighted by Gasteiger charge is -2.20. The van der Waals surface area contributed by atoms with Crippen LogP contribution in [0.2, 0.25) is 0 Å². The molecule has 1 aromatic heterocycles. The van der Waals surface area contributed by atoms with Gasteiger partial charge in [0.25, 0.3) is 0 Å². The first-order chi connectivity index (χ1) is 14.0. The molecule has 0 aliphatic rings. The van der Waals surface area contributed by atoms with Gasteiger partial charge < -0.3 is 18.8 Å². The minimum Gasteiger partial charge on any atom is -0.468 e. The Morgan fingerprint density at radius 3 is 2.31 bits per heavy atom. The van der Waals surface area contributed by atoms with Gasteiger partial charge in [0.15, 0.2) is 0 Å². The number of methoxy groups -OCH3 is 2. The third-order valence-corrected chi connectivity index (χ3v) is 5.48. The van der Waals surface area contributed by atoms with E-state index in [1.165, 1.54) is 24.5 Å². The zero-order valence-corrected chi connectivity index (χ0v) is 17.4. The second kappa shape index (κ2) is 11.5. The van der Waals surface area contributed by atoms with E-state index in [1.807, 2.05) is 0 Å². The van der Waals surface area contributed by atoms with Gasteiger partial charge in [0.2, 0.25) is 15.9 Å². The zero-order chi connectivity index (χ0) is 21.1. The average Bonchev–Trinajstić information content (AvgIpc) is 3.25. The summed E-state index contributed by atoms with van der Waals surface area (Å²) in [7, 11) is -0.501. The van der Waals surface area contributed by atoms with Crippen LogP contribution < -0.4 is 4.72 Å². The number of hydrogen-bond acceptors (Lipinski definition) is 6. The zero-order valence-electron chi connectivity index (χ0n) is 16.5. The summed E-state index contributed by atoms with van der Waals surface area (Å²) in [6.45, 7) is 1.86. The third kappa shape index (κ3) is 7.47. The third-order valence-electron chi connectivity index (χ3n) is 4.07. The number of benzene rings is 1. The highest BCUT2D eigenvalue weighted by Gasteiger charge is 2.14. The number of ether oxygens (including phenoxy) is 2. The second-order valence-corrected chi connectivity index (χ2v) is 7.88. The summed E-state index contributed by atoms with van der Waals surface area (Å²) in [5.41, 5.74) is 0.710. The molecule has 0 atom stereocenters. The van der Waals surface area contributed by atoms with E-state index in [9.17, 15) is 13.2 Å². The standard InChI is InChI=1S/C20H26N2O6S/c1-26-14-11-22(12-15-27-2)20(23)10-7-17-5-8-19(9-6-17)29(24,25)21-16-18-4-3-13-28-18/h3-10,13,21H,11-12,14-16H2,1-2H3/b10-7+. The molecule has 0 spiro atoms. The molecule has 0 fully saturated rings. The van der Waals surface area contributed by atoms with Crippen molar-refractivity contribution in [1.82, 2.24) is 9.62 Å². The number of carbonyl (C=O) groups excluding carboxylic acids is 1. The number of hydrogen-bond donors (Lipinski definition) is 1. The minimum absolute atomic E-state index is 0.0737. The second-order valence-electron chi connectivity index (χ2n) is 6.12. The lowest BCUT2D eigenvalue weighted by Crippen LogP contribution is -2.35. The first kappa shape index (κ1) is 22.8. The number of nitrogens with one attached hydrogen (secondary N) is 1. The van der Waals surface area contributed by atoms with Gasteiger partial charge in [-0.05, 0) is 35.9 Å². The number of furan rings is 1. The van der Waals surface area contributed by atoms with Gasteiger partial charge in [-0.3, -0.25) is 4.79 Å².